The monoisotopic (exact) mass is 848 g/mol. The molecule has 0 aliphatic heterocycles. The average Bonchev–Trinajstić information content (AvgIpc) is 3.75. The number of hydrogen-bond acceptors (Lipinski definition) is 4. The van der Waals surface area contributed by atoms with E-state index in [9.17, 15) is 0 Å². The number of aryl methyl sites for hydroxylation is 1. The lowest BCUT2D eigenvalue weighted by atomic mass is 9.86. The Labute approximate surface area is 387 Å². The van der Waals surface area contributed by atoms with E-state index < -0.39 is 0 Å². The quantitative estimate of drug-likeness (QED) is 0.136. The molecule has 7 aromatic carbocycles. The van der Waals surface area contributed by atoms with E-state index in [1.54, 1.807) is 0 Å². The second-order valence-electron chi connectivity index (χ2n) is 16.7. The molecule has 0 N–H and O–H groups in total. The Morgan fingerprint density at radius 2 is 0.955 bits per heavy atom. The topological polar surface area (TPSA) is 51.0 Å². The summed E-state index contributed by atoms with van der Waals surface area (Å²) < 4.78 is 0. The van der Waals surface area contributed by atoms with Crippen molar-refractivity contribution in [2.75, 3.05) is 0 Å². The second-order valence-corrected chi connectivity index (χ2v) is 16.7. The molecule has 4 heteroatoms. The third-order valence-corrected chi connectivity index (χ3v) is 12.3. The third-order valence-electron chi connectivity index (χ3n) is 12.3. The van der Waals surface area contributed by atoms with Gasteiger partial charge in [-0.3, -0.25) is 0 Å². The first-order chi connectivity index (χ1) is 32.5. The molecule has 10 rings (SSSR count). The minimum absolute atomic E-state index is 0.256. The van der Waals surface area contributed by atoms with E-state index in [1.807, 2.05) is 30.3 Å². The zero-order valence-electron chi connectivity index (χ0n) is 37.1. The van der Waals surface area contributed by atoms with E-state index >= 15 is 0 Å². The fourth-order valence-corrected chi connectivity index (χ4v) is 8.59. The molecule has 1 atom stereocenters. The van der Waals surface area contributed by atoms with Crippen LogP contribution in [0.3, 0.4) is 0 Å². The Bertz CT molecular complexity index is 3280. The molecular formula is C62H48N4. The molecule has 0 radical (unpaired) electrons. The summed E-state index contributed by atoms with van der Waals surface area (Å²) in [5.41, 5.74) is 16.4. The van der Waals surface area contributed by atoms with Gasteiger partial charge in [-0.05, 0) is 82.0 Å². The van der Waals surface area contributed by atoms with Crippen LogP contribution in [0.15, 0.2) is 247 Å². The minimum Gasteiger partial charge on any atom is -0.248 e. The molecule has 1 heterocycles. The third kappa shape index (κ3) is 9.31. The predicted octanol–water partition coefficient (Wildman–Crippen LogP) is 14.9. The number of hydrogen-bond donors (Lipinski definition) is 0. The summed E-state index contributed by atoms with van der Waals surface area (Å²) in [5.74, 6) is 2.09. The number of allylic oxidation sites excluding steroid dienone is 11. The normalized spacial score (nSPS) is 16.7. The van der Waals surface area contributed by atoms with Crippen molar-refractivity contribution in [3.63, 3.8) is 0 Å². The number of rotatable bonds is 9. The van der Waals surface area contributed by atoms with Gasteiger partial charge in [0, 0.05) is 28.2 Å². The summed E-state index contributed by atoms with van der Waals surface area (Å²) in [6.45, 7) is 4.24. The first kappa shape index (κ1) is 41.7. The van der Waals surface area contributed by atoms with Crippen LogP contribution in [0.1, 0.15) is 41.2 Å². The highest BCUT2D eigenvalue weighted by Gasteiger charge is 2.18. The molecule has 2 aliphatic rings. The van der Waals surface area contributed by atoms with Gasteiger partial charge in [0.25, 0.3) is 0 Å². The summed E-state index contributed by atoms with van der Waals surface area (Å²) in [6, 6.07) is 67.5. The maximum Gasteiger partial charge on any atom is 0.164 e. The molecule has 1 unspecified atom stereocenters. The Morgan fingerprint density at radius 1 is 0.455 bits per heavy atom. The highest BCUT2D eigenvalue weighted by molar-refractivity contribution is 5.97. The zero-order chi connectivity index (χ0) is 44.7. The first-order valence-corrected chi connectivity index (χ1v) is 22.6. The standard InChI is InChI=1S/C62H48N4/c1-43-17-7-3-14-26-58(43)63-59(52-24-12-6-13-25-52)44(2)47-28-34-53(35-29-47)60-64-61(54-36-30-49(31-37-54)48-20-8-4-9-21-48)66-62(65-60)55-38-32-51(33-39-55)57-42-46-19-16-15-18-45(41-46)27-40-56(57)50-22-10-5-11-23-50/h3-41,45H,42H2,1-2H3/b40-27+,57-56-,59-44+,63-58?. The van der Waals surface area contributed by atoms with Crippen LogP contribution >= 0.6 is 0 Å². The molecule has 1 aromatic heterocycles. The fraction of sp³-hybridized carbons (Fsp3) is 0.0645. The van der Waals surface area contributed by atoms with E-state index in [-0.39, 0.29) is 5.92 Å². The number of nitrogens with zero attached hydrogens (tertiary/aromatic N) is 4. The van der Waals surface area contributed by atoms with Gasteiger partial charge in [0.2, 0.25) is 0 Å². The summed E-state index contributed by atoms with van der Waals surface area (Å²) in [7, 11) is 0. The van der Waals surface area contributed by atoms with Crippen LogP contribution in [0, 0.1) is 12.8 Å². The van der Waals surface area contributed by atoms with E-state index in [0.717, 1.165) is 73.1 Å². The summed E-state index contributed by atoms with van der Waals surface area (Å²) in [4.78, 5) is 20.7. The van der Waals surface area contributed by atoms with Crippen LogP contribution in [0.4, 0.5) is 0 Å². The lowest BCUT2D eigenvalue weighted by molar-refractivity contribution is 1.04. The van der Waals surface area contributed by atoms with Crippen molar-refractivity contribution < 1.29 is 0 Å². The minimum atomic E-state index is 0.256. The fourth-order valence-electron chi connectivity index (χ4n) is 8.59. The SMILES string of the molecule is C/C(=C(\N=c1cccccc1C)c1ccccc1)c1ccc(-c2nc(-c3ccc(/C4=C(c5ccccc5)/C=C/C5C=CC=CC(=C5)C4)cc3)nc(-c3ccc(-c4ccccc4)cc3)n2)cc1. The van der Waals surface area contributed by atoms with Gasteiger partial charge in [-0.2, -0.15) is 0 Å². The molecule has 4 nitrogen and oxygen atoms in total. The van der Waals surface area contributed by atoms with E-state index in [4.69, 9.17) is 19.9 Å². The zero-order valence-corrected chi connectivity index (χ0v) is 37.1. The van der Waals surface area contributed by atoms with Gasteiger partial charge in [0.15, 0.2) is 17.5 Å². The van der Waals surface area contributed by atoms with Gasteiger partial charge in [0.1, 0.15) is 0 Å². The van der Waals surface area contributed by atoms with Crippen molar-refractivity contribution in [2.24, 2.45) is 10.9 Å². The van der Waals surface area contributed by atoms with Gasteiger partial charge < -0.3 is 0 Å². The summed E-state index contributed by atoms with van der Waals surface area (Å²) in [5, 5.41) is 0.935. The molecule has 0 amide bonds. The van der Waals surface area contributed by atoms with Crippen LogP contribution < -0.4 is 5.36 Å². The van der Waals surface area contributed by atoms with E-state index in [2.05, 4.69) is 220 Å². The molecule has 2 aliphatic carbocycles. The molecular weight excluding hydrogens is 801 g/mol. The molecule has 0 saturated heterocycles. The van der Waals surface area contributed by atoms with Crippen molar-refractivity contribution in [3.8, 4) is 45.3 Å². The highest BCUT2D eigenvalue weighted by Crippen LogP contribution is 2.37. The van der Waals surface area contributed by atoms with Gasteiger partial charge >= 0.3 is 0 Å². The van der Waals surface area contributed by atoms with Crippen LogP contribution in [-0.4, -0.2) is 15.0 Å². The van der Waals surface area contributed by atoms with Crippen LogP contribution in [-0.2, 0) is 0 Å². The lowest BCUT2D eigenvalue weighted by Gasteiger charge is -2.18. The molecule has 0 spiro atoms. The van der Waals surface area contributed by atoms with E-state index in [1.165, 1.54) is 22.3 Å². The van der Waals surface area contributed by atoms with Gasteiger partial charge in [-0.25, -0.2) is 19.9 Å². The smallest absolute Gasteiger partial charge is 0.164 e. The number of benzene rings is 6. The van der Waals surface area contributed by atoms with Crippen molar-refractivity contribution in [2.45, 2.75) is 20.3 Å². The largest absolute Gasteiger partial charge is 0.248 e. The summed E-state index contributed by atoms with van der Waals surface area (Å²) in [6.07, 6.45) is 16.5. The maximum atomic E-state index is 5.25. The molecule has 0 saturated carbocycles. The number of fused-ring (bicyclic) bond motifs is 1. The average molecular weight is 849 g/mol. The van der Waals surface area contributed by atoms with Crippen molar-refractivity contribution in [1.29, 1.82) is 0 Å². The second kappa shape index (κ2) is 19.2. The lowest BCUT2D eigenvalue weighted by Crippen LogP contribution is -2.04. The Kier molecular flexibility index (Phi) is 12.1. The Morgan fingerprint density at radius 3 is 1.58 bits per heavy atom. The predicted molar refractivity (Wildman–Crippen MR) is 274 cm³/mol. The first-order valence-electron chi connectivity index (χ1n) is 22.6. The van der Waals surface area contributed by atoms with Gasteiger partial charge in [0.05, 0.1) is 11.1 Å². The maximum absolute atomic E-state index is 5.25. The van der Waals surface area contributed by atoms with Gasteiger partial charge in [-0.1, -0.05) is 231 Å². The molecule has 2 bridgehead atoms. The van der Waals surface area contributed by atoms with Crippen molar-refractivity contribution in [1.82, 2.24) is 15.0 Å². The molecule has 8 aromatic rings. The van der Waals surface area contributed by atoms with E-state index in [0.29, 0.717) is 17.5 Å². The van der Waals surface area contributed by atoms with Crippen LogP contribution in [0.5, 0.6) is 0 Å². The molecule has 66 heavy (non-hydrogen) atoms. The highest BCUT2D eigenvalue weighted by atomic mass is 15.0. The van der Waals surface area contributed by atoms with Gasteiger partial charge in [-0.15, -0.1) is 0 Å². The number of aromatic nitrogens is 3. The Balaban J connectivity index is 1.05. The van der Waals surface area contributed by atoms with Crippen LogP contribution in [0.2, 0.25) is 0 Å². The van der Waals surface area contributed by atoms with Crippen molar-refractivity contribution in [3.05, 3.63) is 275 Å². The Hall–Kier alpha value is -8.34. The summed E-state index contributed by atoms with van der Waals surface area (Å²) >= 11 is 0. The molecule has 316 valence electrons. The van der Waals surface area contributed by atoms with Crippen molar-refractivity contribution >= 4 is 22.4 Å². The molecule has 0 fully saturated rings. The van der Waals surface area contributed by atoms with Crippen LogP contribution in [0.25, 0.3) is 67.7 Å².